The summed E-state index contributed by atoms with van der Waals surface area (Å²) in [5, 5.41) is 5.97. The zero-order chi connectivity index (χ0) is 16.0. The Morgan fingerprint density at radius 1 is 1.33 bits per heavy atom. The van der Waals surface area contributed by atoms with Crippen LogP contribution in [0.25, 0.3) is 0 Å². The Balaban J connectivity index is 2.82. The second-order valence-electron chi connectivity index (χ2n) is 6.22. The molecule has 4 nitrogen and oxygen atoms in total. The molecular formula is C16H26FN3O. The van der Waals surface area contributed by atoms with Gasteiger partial charge in [-0.05, 0) is 44.5 Å². The smallest absolute Gasteiger partial charge is 0.221 e. The molecule has 0 bridgehead atoms. The maximum Gasteiger partial charge on any atom is 0.221 e. The fraction of sp³-hybridized carbons (Fsp3) is 0.562. The highest BCUT2D eigenvalue weighted by Crippen LogP contribution is 2.21. The third-order valence-corrected chi connectivity index (χ3v) is 3.22. The van der Waals surface area contributed by atoms with Crippen LogP contribution in [0.5, 0.6) is 0 Å². The zero-order valence-corrected chi connectivity index (χ0v) is 13.6. The minimum absolute atomic E-state index is 0.00155. The van der Waals surface area contributed by atoms with Crippen molar-refractivity contribution in [3.05, 3.63) is 29.6 Å². The number of hydrogen-bond donors (Lipinski definition) is 2. The van der Waals surface area contributed by atoms with E-state index in [1.165, 1.54) is 6.07 Å². The first-order chi connectivity index (χ1) is 9.73. The third kappa shape index (κ3) is 6.12. The van der Waals surface area contributed by atoms with Gasteiger partial charge in [0.05, 0.1) is 0 Å². The molecule has 118 valence electrons. The van der Waals surface area contributed by atoms with E-state index in [2.05, 4.69) is 31.4 Å². The van der Waals surface area contributed by atoms with E-state index in [0.717, 1.165) is 11.3 Å². The Bertz CT molecular complexity index is 483. The summed E-state index contributed by atoms with van der Waals surface area (Å²) in [6.07, 6.45) is 0.413. The molecule has 0 radical (unpaired) electrons. The topological polar surface area (TPSA) is 44.4 Å². The summed E-state index contributed by atoms with van der Waals surface area (Å²) in [6.45, 7) is 7.39. The van der Waals surface area contributed by atoms with Gasteiger partial charge in [-0.2, -0.15) is 0 Å². The Kier molecular flexibility index (Phi) is 6.15. The van der Waals surface area contributed by atoms with Crippen LogP contribution >= 0.6 is 0 Å². The van der Waals surface area contributed by atoms with Crippen molar-refractivity contribution in [1.82, 2.24) is 10.6 Å². The lowest BCUT2D eigenvalue weighted by molar-refractivity contribution is -0.120. The number of carbonyl (C=O) groups excluding carboxylic acids is 1. The average molecular weight is 295 g/mol. The van der Waals surface area contributed by atoms with Crippen molar-refractivity contribution in [3.8, 4) is 0 Å². The van der Waals surface area contributed by atoms with Gasteiger partial charge in [-0.15, -0.1) is 0 Å². The van der Waals surface area contributed by atoms with E-state index in [1.807, 2.05) is 11.9 Å². The minimum atomic E-state index is -0.246. The van der Waals surface area contributed by atoms with Gasteiger partial charge >= 0.3 is 0 Å². The largest absolute Gasteiger partial charge is 0.374 e. The van der Waals surface area contributed by atoms with Gasteiger partial charge in [-0.1, -0.05) is 0 Å². The summed E-state index contributed by atoms with van der Waals surface area (Å²) in [4.78, 5) is 13.3. The van der Waals surface area contributed by atoms with E-state index in [0.29, 0.717) is 19.5 Å². The highest BCUT2D eigenvalue weighted by molar-refractivity contribution is 5.76. The second kappa shape index (κ2) is 7.41. The summed E-state index contributed by atoms with van der Waals surface area (Å²) in [5.74, 6) is -0.248. The summed E-state index contributed by atoms with van der Waals surface area (Å²) in [7, 11) is 3.54. The van der Waals surface area contributed by atoms with Crippen LogP contribution in [0.4, 0.5) is 10.1 Å². The van der Waals surface area contributed by atoms with Gasteiger partial charge in [0.1, 0.15) is 5.82 Å². The lowest BCUT2D eigenvalue weighted by Gasteiger charge is -2.25. The minimum Gasteiger partial charge on any atom is -0.374 e. The first-order valence-electron chi connectivity index (χ1n) is 7.18. The van der Waals surface area contributed by atoms with E-state index in [9.17, 15) is 9.18 Å². The Morgan fingerprint density at radius 3 is 2.57 bits per heavy atom. The van der Waals surface area contributed by atoms with Crippen LogP contribution in [-0.4, -0.2) is 32.1 Å². The lowest BCUT2D eigenvalue weighted by atomic mass is 10.1. The molecule has 0 atom stereocenters. The molecule has 0 saturated heterocycles. The summed E-state index contributed by atoms with van der Waals surface area (Å²) in [6, 6.07) is 4.76. The molecule has 1 aromatic rings. The SMILES string of the molecule is CNC(=O)CCN(C)c1ccc(F)cc1CNC(C)(C)C. The maximum absolute atomic E-state index is 13.5. The number of halogens is 1. The van der Waals surface area contributed by atoms with Crippen LogP contribution in [-0.2, 0) is 11.3 Å². The van der Waals surface area contributed by atoms with Crippen LogP contribution in [0.15, 0.2) is 18.2 Å². The lowest BCUT2D eigenvalue weighted by Crippen LogP contribution is -2.35. The highest BCUT2D eigenvalue weighted by Gasteiger charge is 2.13. The van der Waals surface area contributed by atoms with Crippen molar-refractivity contribution in [2.24, 2.45) is 0 Å². The number of rotatable bonds is 6. The van der Waals surface area contributed by atoms with E-state index in [4.69, 9.17) is 0 Å². The Morgan fingerprint density at radius 2 is 2.00 bits per heavy atom. The molecule has 5 heteroatoms. The number of nitrogens with one attached hydrogen (secondary N) is 2. The van der Waals surface area contributed by atoms with Crippen molar-refractivity contribution in [3.63, 3.8) is 0 Å². The van der Waals surface area contributed by atoms with Crippen molar-refractivity contribution < 1.29 is 9.18 Å². The molecule has 1 amide bonds. The predicted molar refractivity (Wildman–Crippen MR) is 84.9 cm³/mol. The maximum atomic E-state index is 13.5. The number of benzene rings is 1. The Labute approximate surface area is 126 Å². The fourth-order valence-corrected chi connectivity index (χ4v) is 1.94. The number of amides is 1. The molecule has 1 rings (SSSR count). The van der Waals surface area contributed by atoms with Gasteiger partial charge in [0.15, 0.2) is 0 Å². The summed E-state index contributed by atoms with van der Waals surface area (Å²) < 4.78 is 13.5. The monoisotopic (exact) mass is 295 g/mol. The zero-order valence-electron chi connectivity index (χ0n) is 13.6. The summed E-state index contributed by atoms with van der Waals surface area (Å²) in [5.41, 5.74) is 1.80. The van der Waals surface area contributed by atoms with Crippen LogP contribution in [0.3, 0.4) is 0 Å². The second-order valence-corrected chi connectivity index (χ2v) is 6.22. The van der Waals surface area contributed by atoms with Gasteiger partial charge < -0.3 is 15.5 Å². The molecule has 21 heavy (non-hydrogen) atoms. The average Bonchev–Trinajstić information content (AvgIpc) is 2.41. The van der Waals surface area contributed by atoms with Gasteiger partial charge in [-0.25, -0.2) is 4.39 Å². The molecule has 0 unspecified atom stereocenters. The van der Waals surface area contributed by atoms with Gasteiger partial charge in [0.25, 0.3) is 0 Å². The van der Waals surface area contributed by atoms with Crippen LogP contribution < -0.4 is 15.5 Å². The van der Waals surface area contributed by atoms with Crippen LogP contribution in [0.1, 0.15) is 32.8 Å². The van der Waals surface area contributed by atoms with Crippen molar-refractivity contribution in [2.75, 3.05) is 25.5 Å². The highest BCUT2D eigenvalue weighted by atomic mass is 19.1. The van der Waals surface area contributed by atoms with Gasteiger partial charge in [0.2, 0.25) is 5.91 Å². The molecule has 2 N–H and O–H groups in total. The molecule has 0 aliphatic rings. The first kappa shape index (κ1) is 17.4. The number of hydrogen-bond acceptors (Lipinski definition) is 3. The van der Waals surface area contributed by atoms with Crippen molar-refractivity contribution >= 4 is 11.6 Å². The standard InChI is InChI=1S/C16H26FN3O/c1-16(2,3)19-11-12-10-13(17)6-7-14(12)20(5)9-8-15(21)18-4/h6-7,10,19H,8-9,11H2,1-5H3,(H,18,21). The molecular weight excluding hydrogens is 269 g/mol. The molecule has 0 spiro atoms. The fourth-order valence-electron chi connectivity index (χ4n) is 1.94. The van der Waals surface area contributed by atoms with E-state index >= 15 is 0 Å². The van der Waals surface area contributed by atoms with Gasteiger partial charge in [-0.3, -0.25) is 4.79 Å². The Hall–Kier alpha value is -1.62. The van der Waals surface area contributed by atoms with Crippen LogP contribution in [0.2, 0.25) is 0 Å². The molecule has 0 aromatic heterocycles. The first-order valence-corrected chi connectivity index (χ1v) is 7.18. The molecule has 0 aliphatic heterocycles. The third-order valence-electron chi connectivity index (χ3n) is 3.22. The number of carbonyl (C=O) groups is 1. The number of anilines is 1. The predicted octanol–water partition coefficient (Wildman–Crippen LogP) is 2.29. The normalized spacial score (nSPS) is 11.3. The number of nitrogens with zero attached hydrogens (tertiary/aromatic N) is 1. The summed E-state index contributed by atoms with van der Waals surface area (Å²) >= 11 is 0. The molecule has 0 fully saturated rings. The van der Waals surface area contributed by atoms with Crippen LogP contribution in [0, 0.1) is 5.82 Å². The molecule has 1 aromatic carbocycles. The van der Waals surface area contributed by atoms with E-state index < -0.39 is 0 Å². The molecule has 0 saturated carbocycles. The molecule has 0 aliphatic carbocycles. The van der Waals surface area contributed by atoms with E-state index in [1.54, 1.807) is 19.2 Å². The molecule has 0 heterocycles. The van der Waals surface area contributed by atoms with Crippen molar-refractivity contribution in [2.45, 2.75) is 39.3 Å². The van der Waals surface area contributed by atoms with E-state index in [-0.39, 0.29) is 17.3 Å². The quantitative estimate of drug-likeness (QED) is 0.846. The van der Waals surface area contributed by atoms with Crippen molar-refractivity contribution in [1.29, 1.82) is 0 Å². The van der Waals surface area contributed by atoms with Gasteiger partial charge in [0, 0.05) is 44.8 Å².